The molecule has 2 aromatic rings. The third kappa shape index (κ3) is 3.94. The maximum absolute atomic E-state index is 9.74. The van der Waals surface area contributed by atoms with Crippen molar-refractivity contribution in [2.45, 2.75) is 19.9 Å². The molecular formula is C14H18N2O2S. The first-order chi connectivity index (χ1) is 9.19. The average molecular weight is 278 g/mol. The van der Waals surface area contributed by atoms with Gasteiger partial charge in [0.05, 0.1) is 12.1 Å². The lowest BCUT2D eigenvalue weighted by Crippen LogP contribution is -2.16. The highest BCUT2D eigenvalue weighted by Gasteiger charge is 2.03. The monoisotopic (exact) mass is 278 g/mol. The standard InChI is InChI=1S/C14H18N2O2S/c1-10-9-19-14(16-10)5-6-15-8-11-7-12(18-2)3-4-13(11)17/h3-4,7,9,15,17H,5-6,8H2,1-2H3. The number of benzene rings is 1. The zero-order chi connectivity index (χ0) is 13.7. The first-order valence-corrected chi connectivity index (χ1v) is 7.04. The van der Waals surface area contributed by atoms with Gasteiger partial charge in [-0.2, -0.15) is 0 Å². The van der Waals surface area contributed by atoms with Gasteiger partial charge in [0.15, 0.2) is 0 Å². The highest BCUT2D eigenvalue weighted by Crippen LogP contribution is 2.22. The second kappa shape index (κ2) is 6.54. The van der Waals surface area contributed by atoms with Gasteiger partial charge in [-0.05, 0) is 25.1 Å². The van der Waals surface area contributed by atoms with Crippen LogP contribution in [0.2, 0.25) is 0 Å². The molecule has 0 bridgehead atoms. The molecule has 0 spiro atoms. The van der Waals surface area contributed by atoms with Crippen molar-refractivity contribution in [1.29, 1.82) is 0 Å². The normalized spacial score (nSPS) is 10.6. The summed E-state index contributed by atoms with van der Waals surface area (Å²) >= 11 is 1.68. The van der Waals surface area contributed by atoms with Crippen LogP contribution in [0.15, 0.2) is 23.6 Å². The summed E-state index contributed by atoms with van der Waals surface area (Å²) in [5.74, 6) is 1.04. The lowest BCUT2D eigenvalue weighted by molar-refractivity contribution is 0.410. The van der Waals surface area contributed by atoms with E-state index in [1.54, 1.807) is 30.6 Å². The molecule has 4 nitrogen and oxygen atoms in total. The number of hydrogen-bond acceptors (Lipinski definition) is 5. The van der Waals surface area contributed by atoms with E-state index in [2.05, 4.69) is 15.7 Å². The Bertz CT molecular complexity index is 540. The van der Waals surface area contributed by atoms with E-state index in [9.17, 15) is 5.11 Å². The van der Waals surface area contributed by atoms with Crippen LogP contribution in [-0.4, -0.2) is 23.7 Å². The van der Waals surface area contributed by atoms with Gasteiger partial charge in [-0.25, -0.2) is 4.98 Å². The van der Waals surface area contributed by atoms with E-state index in [-0.39, 0.29) is 0 Å². The van der Waals surface area contributed by atoms with Crippen molar-refractivity contribution in [1.82, 2.24) is 10.3 Å². The predicted molar refractivity (Wildman–Crippen MR) is 76.9 cm³/mol. The second-order valence-electron chi connectivity index (χ2n) is 4.30. The van der Waals surface area contributed by atoms with Crippen molar-refractivity contribution < 1.29 is 9.84 Å². The van der Waals surface area contributed by atoms with Gasteiger partial charge >= 0.3 is 0 Å². The number of aromatic hydroxyl groups is 1. The molecule has 0 aliphatic rings. The van der Waals surface area contributed by atoms with Gasteiger partial charge in [-0.3, -0.25) is 0 Å². The van der Waals surface area contributed by atoms with E-state index in [1.807, 2.05) is 13.0 Å². The molecule has 19 heavy (non-hydrogen) atoms. The van der Waals surface area contributed by atoms with E-state index in [0.717, 1.165) is 35.0 Å². The number of nitrogens with zero attached hydrogens (tertiary/aromatic N) is 1. The molecule has 1 heterocycles. The first-order valence-electron chi connectivity index (χ1n) is 6.16. The molecule has 0 amide bonds. The highest BCUT2D eigenvalue weighted by atomic mass is 32.1. The molecule has 0 aliphatic heterocycles. The minimum atomic E-state index is 0.290. The molecule has 0 radical (unpaired) electrons. The van der Waals surface area contributed by atoms with Gasteiger partial charge in [-0.1, -0.05) is 0 Å². The third-order valence-electron chi connectivity index (χ3n) is 2.78. The number of thiazole rings is 1. The Morgan fingerprint density at radius 2 is 2.26 bits per heavy atom. The van der Waals surface area contributed by atoms with Crippen LogP contribution in [0.5, 0.6) is 11.5 Å². The molecule has 2 rings (SSSR count). The van der Waals surface area contributed by atoms with Crippen molar-refractivity contribution in [3.8, 4) is 11.5 Å². The Morgan fingerprint density at radius 3 is 2.95 bits per heavy atom. The summed E-state index contributed by atoms with van der Waals surface area (Å²) in [6, 6.07) is 5.24. The number of nitrogens with one attached hydrogen (secondary N) is 1. The van der Waals surface area contributed by atoms with Crippen LogP contribution in [0.25, 0.3) is 0 Å². The largest absolute Gasteiger partial charge is 0.508 e. The maximum atomic E-state index is 9.74. The quantitative estimate of drug-likeness (QED) is 0.797. The van der Waals surface area contributed by atoms with Gasteiger partial charge < -0.3 is 15.2 Å². The summed E-state index contributed by atoms with van der Waals surface area (Å²) in [4.78, 5) is 4.41. The zero-order valence-electron chi connectivity index (χ0n) is 11.1. The number of phenolic OH excluding ortho intramolecular Hbond substituents is 1. The topological polar surface area (TPSA) is 54.4 Å². The van der Waals surface area contributed by atoms with E-state index in [0.29, 0.717) is 12.3 Å². The van der Waals surface area contributed by atoms with Crippen molar-refractivity contribution >= 4 is 11.3 Å². The minimum Gasteiger partial charge on any atom is -0.508 e. The SMILES string of the molecule is COc1ccc(O)c(CNCCc2nc(C)cs2)c1. The second-order valence-corrected chi connectivity index (χ2v) is 5.25. The number of methoxy groups -OCH3 is 1. The molecule has 0 aliphatic carbocycles. The molecule has 2 N–H and O–H groups in total. The third-order valence-corrected chi connectivity index (χ3v) is 3.81. The Labute approximate surface area is 117 Å². The van der Waals surface area contributed by atoms with Crippen LogP contribution in [0.1, 0.15) is 16.3 Å². The van der Waals surface area contributed by atoms with Gasteiger partial charge in [0.25, 0.3) is 0 Å². The summed E-state index contributed by atoms with van der Waals surface area (Å²) < 4.78 is 5.14. The number of aromatic nitrogens is 1. The highest BCUT2D eigenvalue weighted by molar-refractivity contribution is 7.09. The van der Waals surface area contributed by atoms with Crippen LogP contribution < -0.4 is 10.1 Å². The fourth-order valence-corrected chi connectivity index (χ4v) is 2.54. The lowest BCUT2D eigenvalue weighted by Gasteiger charge is -2.08. The Hall–Kier alpha value is -1.59. The predicted octanol–water partition coefficient (Wildman–Crippen LogP) is 2.50. The summed E-state index contributed by atoms with van der Waals surface area (Å²) in [5, 5.41) is 16.2. The van der Waals surface area contributed by atoms with Crippen molar-refractivity contribution in [3.05, 3.63) is 39.8 Å². The number of aryl methyl sites for hydroxylation is 1. The zero-order valence-corrected chi connectivity index (χ0v) is 12.0. The average Bonchev–Trinajstić information content (AvgIpc) is 2.82. The Morgan fingerprint density at radius 1 is 1.42 bits per heavy atom. The van der Waals surface area contributed by atoms with Gasteiger partial charge in [-0.15, -0.1) is 11.3 Å². The molecular weight excluding hydrogens is 260 g/mol. The number of phenols is 1. The van der Waals surface area contributed by atoms with Crippen LogP contribution in [0.3, 0.4) is 0 Å². The van der Waals surface area contributed by atoms with E-state index >= 15 is 0 Å². The fraction of sp³-hybridized carbons (Fsp3) is 0.357. The van der Waals surface area contributed by atoms with Crippen LogP contribution in [-0.2, 0) is 13.0 Å². The maximum Gasteiger partial charge on any atom is 0.120 e. The number of rotatable bonds is 6. The van der Waals surface area contributed by atoms with Crippen LogP contribution >= 0.6 is 11.3 Å². The van der Waals surface area contributed by atoms with Crippen LogP contribution in [0.4, 0.5) is 0 Å². The van der Waals surface area contributed by atoms with Gasteiger partial charge in [0, 0.05) is 36.1 Å². The summed E-state index contributed by atoms with van der Waals surface area (Å²) in [7, 11) is 1.62. The lowest BCUT2D eigenvalue weighted by atomic mass is 10.2. The Kier molecular flexibility index (Phi) is 4.76. The van der Waals surface area contributed by atoms with Gasteiger partial charge in [0.2, 0.25) is 0 Å². The number of ether oxygens (including phenoxy) is 1. The number of hydrogen-bond donors (Lipinski definition) is 2. The first kappa shape index (κ1) is 13.8. The van der Waals surface area contributed by atoms with Crippen molar-refractivity contribution in [2.75, 3.05) is 13.7 Å². The van der Waals surface area contributed by atoms with Crippen molar-refractivity contribution in [2.24, 2.45) is 0 Å². The Balaban J connectivity index is 1.82. The molecule has 0 atom stereocenters. The molecule has 0 saturated carbocycles. The summed E-state index contributed by atoms with van der Waals surface area (Å²) in [5.41, 5.74) is 1.92. The molecule has 0 saturated heterocycles. The molecule has 5 heteroatoms. The van der Waals surface area contributed by atoms with Crippen molar-refractivity contribution in [3.63, 3.8) is 0 Å². The summed E-state index contributed by atoms with van der Waals surface area (Å²) in [6.07, 6.45) is 0.906. The molecule has 0 unspecified atom stereocenters. The van der Waals surface area contributed by atoms with Gasteiger partial charge in [0.1, 0.15) is 11.5 Å². The van der Waals surface area contributed by atoms with E-state index < -0.39 is 0 Å². The van der Waals surface area contributed by atoms with E-state index in [1.165, 1.54) is 0 Å². The molecule has 1 aromatic carbocycles. The molecule has 0 fully saturated rings. The molecule has 1 aromatic heterocycles. The fourth-order valence-electron chi connectivity index (χ4n) is 1.77. The minimum absolute atomic E-state index is 0.290. The summed E-state index contributed by atoms with van der Waals surface area (Å²) in [6.45, 7) is 3.46. The van der Waals surface area contributed by atoms with Crippen LogP contribution in [0, 0.1) is 6.92 Å². The smallest absolute Gasteiger partial charge is 0.120 e. The van der Waals surface area contributed by atoms with E-state index in [4.69, 9.17) is 4.74 Å². The molecule has 102 valence electrons.